The van der Waals surface area contributed by atoms with Crippen molar-refractivity contribution < 1.29 is 0 Å². The molecule has 0 heterocycles. The Morgan fingerprint density at radius 1 is 1.31 bits per heavy atom. The predicted octanol–water partition coefficient (Wildman–Crippen LogP) is 4.32. The molecule has 0 spiro atoms. The SMILES string of the molecule is C=C(C)CCC(=C=CC)[Si](C)(C)C. The van der Waals surface area contributed by atoms with Crippen LogP contribution in [0, 0.1) is 0 Å². The summed E-state index contributed by atoms with van der Waals surface area (Å²) >= 11 is 0. The normalized spacial score (nSPS) is 10.5. The molecule has 0 aliphatic carbocycles. The molecule has 0 N–H and O–H groups in total. The summed E-state index contributed by atoms with van der Waals surface area (Å²) in [6, 6.07) is 0. The molecule has 74 valence electrons. The van der Waals surface area contributed by atoms with Crippen molar-refractivity contribution in [2.24, 2.45) is 0 Å². The summed E-state index contributed by atoms with van der Waals surface area (Å²) in [5.74, 6) is 0. The van der Waals surface area contributed by atoms with Gasteiger partial charge in [0.05, 0.1) is 8.07 Å². The smallest absolute Gasteiger partial charge is 0.0823 e. The van der Waals surface area contributed by atoms with Gasteiger partial charge in [-0.3, -0.25) is 0 Å². The fraction of sp³-hybridized carbons (Fsp3) is 0.583. The van der Waals surface area contributed by atoms with Gasteiger partial charge < -0.3 is 0 Å². The van der Waals surface area contributed by atoms with Gasteiger partial charge in [0, 0.05) is 0 Å². The Morgan fingerprint density at radius 2 is 1.85 bits per heavy atom. The van der Waals surface area contributed by atoms with E-state index in [4.69, 9.17) is 0 Å². The lowest BCUT2D eigenvalue weighted by molar-refractivity contribution is 0.961. The van der Waals surface area contributed by atoms with Gasteiger partial charge in [0.15, 0.2) is 0 Å². The number of rotatable bonds is 4. The number of hydrogen-bond acceptors (Lipinski definition) is 0. The minimum Gasteiger partial charge on any atom is -0.131 e. The topological polar surface area (TPSA) is 0 Å². The van der Waals surface area contributed by atoms with Gasteiger partial charge in [-0.25, -0.2) is 0 Å². The van der Waals surface area contributed by atoms with Crippen LogP contribution in [0.1, 0.15) is 26.7 Å². The molecule has 0 amide bonds. The highest BCUT2D eigenvalue weighted by Gasteiger charge is 2.18. The van der Waals surface area contributed by atoms with Gasteiger partial charge in [0.25, 0.3) is 0 Å². The second kappa shape index (κ2) is 5.26. The highest BCUT2D eigenvalue weighted by Crippen LogP contribution is 2.20. The fourth-order valence-corrected chi connectivity index (χ4v) is 2.63. The van der Waals surface area contributed by atoms with Gasteiger partial charge in [-0.1, -0.05) is 25.2 Å². The number of allylic oxidation sites excluding steroid dienone is 2. The zero-order valence-electron chi connectivity index (χ0n) is 9.70. The molecule has 0 saturated heterocycles. The van der Waals surface area contributed by atoms with E-state index in [0.29, 0.717) is 0 Å². The Morgan fingerprint density at radius 3 is 2.15 bits per heavy atom. The highest BCUT2D eigenvalue weighted by atomic mass is 28.3. The summed E-state index contributed by atoms with van der Waals surface area (Å²) in [6.07, 6.45) is 4.29. The van der Waals surface area contributed by atoms with Crippen molar-refractivity contribution in [3.8, 4) is 0 Å². The van der Waals surface area contributed by atoms with Crippen LogP contribution in [0.2, 0.25) is 19.6 Å². The molecule has 0 unspecified atom stereocenters. The maximum absolute atomic E-state index is 3.93. The molecular weight excluding hydrogens is 172 g/mol. The Hall–Kier alpha value is -0.523. The van der Waals surface area contributed by atoms with Gasteiger partial charge in [0.1, 0.15) is 0 Å². The number of hydrogen-bond donors (Lipinski definition) is 0. The van der Waals surface area contributed by atoms with Crippen LogP contribution in [-0.2, 0) is 0 Å². The van der Waals surface area contributed by atoms with Crippen LogP contribution >= 0.6 is 0 Å². The van der Waals surface area contributed by atoms with E-state index in [1.165, 1.54) is 10.8 Å². The molecule has 13 heavy (non-hydrogen) atoms. The molecular formula is C12H22Si. The fourth-order valence-electron chi connectivity index (χ4n) is 1.18. The maximum atomic E-state index is 3.93. The van der Waals surface area contributed by atoms with E-state index in [1.54, 1.807) is 0 Å². The van der Waals surface area contributed by atoms with Crippen LogP contribution in [0.3, 0.4) is 0 Å². The van der Waals surface area contributed by atoms with Crippen molar-refractivity contribution >= 4 is 8.07 Å². The Bertz CT molecular complexity index is 234. The van der Waals surface area contributed by atoms with Crippen LogP contribution in [0.5, 0.6) is 0 Å². The van der Waals surface area contributed by atoms with Crippen molar-refractivity contribution in [1.29, 1.82) is 0 Å². The molecule has 0 aromatic rings. The Labute approximate surface area is 84.1 Å². The van der Waals surface area contributed by atoms with Crippen LogP contribution in [-0.4, -0.2) is 8.07 Å². The lowest BCUT2D eigenvalue weighted by Crippen LogP contribution is -2.23. The van der Waals surface area contributed by atoms with Crippen LogP contribution < -0.4 is 0 Å². The maximum Gasteiger partial charge on any atom is 0.0823 e. The average molecular weight is 194 g/mol. The third kappa shape index (κ3) is 5.68. The largest absolute Gasteiger partial charge is 0.131 e. The highest BCUT2D eigenvalue weighted by molar-refractivity contribution is 6.83. The molecule has 0 bridgehead atoms. The zero-order chi connectivity index (χ0) is 10.5. The van der Waals surface area contributed by atoms with Crippen molar-refractivity contribution in [2.75, 3.05) is 0 Å². The molecule has 0 aliphatic rings. The molecule has 1 heteroatoms. The molecule has 0 rings (SSSR count). The summed E-state index contributed by atoms with van der Waals surface area (Å²) in [5.41, 5.74) is 4.66. The summed E-state index contributed by atoms with van der Waals surface area (Å²) in [7, 11) is -1.14. The molecule has 0 radical (unpaired) electrons. The average Bonchev–Trinajstić information content (AvgIpc) is 1.95. The van der Waals surface area contributed by atoms with E-state index in [0.717, 1.165) is 12.8 Å². The predicted molar refractivity (Wildman–Crippen MR) is 64.7 cm³/mol. The Balaban J connectivity index is 4.49. The molecule has 0 saturated carbocycles. The summed E-state index contributed by atoms with van der Waals surface area (Å²) in [5, 5.41) is 1.53. The zero-order valence-corrected chi connectivity index (χ0v) is 10.7. The molecule has 0 aromatic heterocycles. The van der Waals surface area contributed by atoms with Gasteiger partial charge in [-0.15, -0.1) is 12.3 Å². The van der Waals surface area contributed by atoms with Crippen molar-refractivity contribution in [3.05, 3.63) is 29.2 Å². The molecule has 0 atom stereocenters. The first-order valence-electron chi connectivity index (χ1n) is 4.93. The van der Waals surface area contributed by atoms with Crippen LogP contribution in [0.15, 0.2) is 29.2 Å². The first-order valence-corrected chi connectivity index (χ1v) is 8.43. The first kappa shape index (κ1) is 12.5. The molecule has 0 aliphatic heterocycles. The summed E-state index contributed by atoms with van der Waals surface area (Å²) in [4.78, 5) is 0. The van der Waals surface area contributed by atoms with E-state index in [9.17, 15) is 0 Å². The molecule has 0 fully saturated rings. The summed E-state index contributed by atoms with van der Waals surface area (Å²) in [6.45, 7) is 15.2. The van der Waals surface area contributed by atoms with E-state index < -0.39 is 8.07 Å². The van der Waals surface area contributed by atoms with E-state index >= 15 is 0 Å². The van der Waals surface area contributed by atoms with E-state index in [2.05, 4.69) is 38.9 Å². The van der Waals surface area contributed by atoms with E-state index in [-0.39, 0.29) is 0 Å². The van der Waals surface area contributed by atoms with Crippen molar-refractivity contribution in [2.45, 2.75) is 46.3 Å². The minimum atomic E-state index is -1.14. The van der Waals surface area contributed by atoms with Gasteiger partial charge in [-0.05, 0) is 38.0 Å². The van der Waals surface area contributed by atoms with Gasteiger partial charge >= 0.3 is 0 Å². The standard InChI is InChI=1S/C12H22Si/c1-7-8-12(13(4,5)6)10-9-11(2)3/h7H,2,9-10H2,1,3-6H3. The van der Waals surface area contributed by atoms with E-state index in [1.807, 2.05) is 13.0 Å². The van der Waals surface area contributed by atoms with Crippen LogP contribution in [0.25, 0.3) is 0 Å². The third-order valence-electron chi connectivity index (χ3n) is 2.03. The summed E-state index contributed by atoms with van der Waals surface area (Å²) < 4.78 is 0. The Kier molecular flexibility index (Phi) is 5.05. The van der Waals surface area contributed by atoms with Gasteiger partial charge in [0.2, 0.25) is 0 Å². The van der Waals surface area contributed by atoms with Crippen LogP contribution in [0.4, 0.5) is 0 Å². The van der Waals surface area contributed by atoms with Gasteiger partial charge in [-0.2, -0.15) is 0 Å². The quantitative estimate of drug-likeness (QED) is 0.355. The monoisotopic (exact) mass is 194 g/mol. The second-order valence-electron chi connectivity index (χ2n) is 4.62. The van der Waals surface area contributed by atoms with Crippen molar-refractivity contribution in [3.63, 3.8) is 0 Å². The second-order valence-corrected chi connectivity index (χ2v) is 9.72. The molecule has 0 aromatic carbocycles. The minimum absolute atomic E-state index is 1.11. The lowest BCUT2D eigenvalue weighted by Gasteiger charge is -2.18. The molecule has 0 nitrogen and oxygen atoms in total. The first-order chi connectivity index (χ1) is 5.88. The third-order valence-corrected chi connectivity index (χ3v) is 4.23. The lowest BCUT2D eigenvalue weighted by atomic mass is 10.2. The van der Waals surface area contributed by atoms with Crippen molar-refractivity contribution in [1.82, 2.24) is 0 Å².